The lowest BCUT2D eigenvalue weighted by molar-refractivity contribution is 0.670. The summed E-state index contributed by atoms with van der Waals surface area (Å²) in [5.74, 6) is -0.0928. The van der Waals surface area contributed by atoms with Crippen molar-refractivity contribution < 1.29 is 4.42 Å². The van der Waals surface area contributed by atoms with E-state index in [0.717, 1.165) is 54.8 Å². The molecule has 10 aromatic carbocycles. The number of nitrogens with zero attached hydrogens (tertiary/aromatic N) is 4. The molecule has 5 nitrogen and oxygen atoms in total. The van der Waals surface area contributed by atoms with Crippen LogP contribution in [0.4, 0.5) is 0 Å². The number of fused-ring (bicyclic) bond motifs is 6. The molecule has 316 valence electrons. The van der Waals surface area contributed by atoms with Gasteiger partial charge < -0.3 is 8.98 Å². The van der Waals surface area contributed by atoms with Gasteiger partial charge in [0.1, 0.15) is 121 Å². The molecule has 0 aliphatic carbocycles. The molecule has 0 saturated heterocycles. The first-order chi connectivity index (χ1) is 36.6. The molecule has 3 heterocycles. The van der Waals surface area contributed by atoms with Gasteiger partial charge in [-0.1, -0.05) is 129 Å². The van der Waals surface area contributed by atoms with Crippen LogP contribution in [0.2, 0.25) is 0 Å². The van der Waals surface area contributed by atoms with E-state index in [2.05, 4.69) is 89.5 Å². The number of hydrogen-bond acceptors (Lipinski definition) is 4. The molecule has 19 heteroatoms. The van der Waals surface area contributed by atoms with Crippen molar-refractivity contribution in [1.29, 1.82) is 0 Å². The zero-order valence-corrected chi connectivity index (χ0v) is 40.3. The van der Waals surface area contributed by atoms with Crippen LogP contribution < -0.4 is 76.5 Å². The van der Waals surface area contributed by atoms with Crippen molar-refractivity contribution in [3.05, 3.63) is 121 Å². The summed E-state index contributed by atoms with van der Waals surface area (Å²) in [6, 6.07) is 41.7. The Morgan fingerprint density at radius 2 is 0.697 bits per heavy atom. The maximum Gasteiger partial charge on any atom is 0.167 e. The number of rotatable bonds is 6. The average Bonchev–Trinajstić information content (AvgIpc) is 4.06. The Bertz CT molecular complexity index is 4620. The van der Waals surface area contributed by atoms with Gasteiger partial charge in [0.25, 0.3) is 0 Å². The van der Waals surface area contributed by atoms with Crippen molar-refractivity contribution in [3.8, 4) is 62.1 Å². The normalized spacial score (nSPS) is 11.9. The second kappa shape index (κ2) is 17.5. The molecule has 0 fully saturated rings. The third kappa shape index (κ3) is 6.76. The topological polar surface area (TPSA) is 56.7 Å². The van der Waals surface area contributed by atoms with Crippen LogP contribution in [0.1, 0.15) is 0 Å². The highest BCUT2D eigenvalue weighted by atomic mass is 16.3. The fraction of sp³-hybridized carbons (Fsp3) is 0. The highest BCUT2D eigenvalue weighted by molar-refractivity contribution is 6.71. The minimum absolute atomic E-state index is 0.0119. The van der Waals surface area contributed by atoms with Gasteiger partial charge in [0, 0.05) is 43.9 Å². The molecule has 0 unspecified atom stereocenters. The maximum absolute atomic E-state index is 7.10. The Morgan fingerprint density at radius 3 is 1.26 bits per heavy atom. The van der Waals surface area contributed by atoms with Crippen LogP contribution in [0.15, 0.2) is 126 Å². The SMILES string of the molecule is [B]c1c([B])c([B])c(-c2nc(-c3c([B])c([B])c(-c4c([B])c([B])c([B])c([B])c4[B])c([B])c3[B])nc(-c3cccc4c3oc3c(-c5cc6c7ccccc7c7cccc8c7c6c(c5)n8-c5ccccc5)cccc34)n2)c([B])c1[B]. The predicted molar refractivity (Wildman–Crippen MR) is 330 cm³/mol. The second-order valence-electron chi connectivity index (χ2n) is 18.9. The molecule has 0 amide bonds. The van der Waals surface area contributed by atoms with Crippen molar-refractivity contribution >= 4 is 252 Å². The summed E-state index contributed by atoms with van der Waals surface area (Å²) in [6.07, 6.45) is 0. The van der Waals surface area contributed by atoms with Gasteiger partial charge in [0.05, 0.1) is 16.6 Å². The number of aromatic nitrogens is 4. The summed E-state index contributed by atoms with van der Waals surface area (Å²) >= 11 is 0. The Kier molecular flexibility index (Phi) is 11.1. The van der Waals surface area contributed by atoms with E-state index in [4.69, 9.17) is 129 Å². The van der Waals surface area contributed by atoms with Crippen molar-refractivity contribution in [2.24, 2.45) is 0 Å². The molecule has 3 aromatic heterocycles. The van der Waals surface area contributed by atoms with Gasteiger partial charge in [0.15, 0.2) is 17.5 Å². The maximum atomic E-state index is 7.10. The zero-order valence-electron chi connectivity index (χ0n) is 40.3. The first-order valence-corrected chi connectivity index (χ1v) is 23.8. The summed E-state index contributed by atoms with van der Waals surface area (Å²) in [5, 5.41) is 8.59. The summed E-state index contributed by atoms with van der Waals surface area (Å²) in [7, 11) is 91.7. The van der Waals surface area contributed by atoms with Crippen LogP contribution in [0.3, 0.4) is 0 Å². The monoisotopic (exact) mass is 930 g/mol. The highest BCUT2D eigenvalue weighted by Crippen LogP contribution is 2.47. The van der Waals surface area contributed by atoms with Crippen molar-refractivity contribution in [2.75, 3.05) is 0 Å². The largest absolute Gasteiger partial charge is 0.455 e. The molecule has 0 N–H and O–H groups in total. The summed E-state index contributed by atoms with van der Waals surface area (Å²) in [4.78, 5) is 14.9. The van der Waals surface area contributed by atoms with E-state index in [1.807, 2.05) is 36.4 Å². The van der Waals surface area contributed by atoms with Gasteiger partial charge >= 0.3 is 0 Å². The smallest absolute Gasteiger partial charge is 0.167 e. The summed E-state index contributed by atoms with van der Waals surface area (Å²) in [5.41, 5.74) is 6.00. The van der Waals surface area contributed by atoms with E-state index in [-0.39, 0.29) is 116 Å². The molecule has 13 rings (SSSR count). The lowest BCUT2D eigenvalue weighted by Gasteiger charge is -2.28. The van der Waals surface area contributed by atoms with Crippen molar-refractivity contribution in [3.63, 3.8) is 0 Å². The van der Waals surface area contributed by atoms with Crippen LogP contribution in [0.25, 0.3) is 127 Å². The van der Waals surface area contributed by atoms with Crippen LogP contribution >= 0.6 is 0 Å². The standard InChI is InChI=1S/C57H20B14N4O/c58-39-35(36-41(60)47(66)51(70)48(67)42(36)61)40(59)44(63)37(43(39)62)56-72-55(73-57(74-56)38-45(64)49(68)52(71)50(69)46(38)65)29-17-7-16-28-27-15-6-13-23(53(27)76-54(28)29)21-19-30-25-12-5-4-11-24(25)26-14-8-18-31-33(26)34(30)32(20-21)75(31)22-9-2-1-3-10-22/h1-20H. The Balaban J connectivity index is 1.07. The van der Waals surface area contributed by atoms with E-state index in [0.29, 0.717) is 16.7 Å². The number of hydrogen-bond donors (Lipinski definition) is 0. The molecule has 28 radical (unpaired) electrons. The highest BCUT2D eigenvalue weighted by Gasteiger charge is 2.27. The number of benzene rings is 10. The van der Waals surface area contributed by atoms with E-state index in [1.165, 1.54) is 16.2 Å². The molecular weight excluding hydrogens is 908 g/mol. The lowest BCUT2D eigenvalue weighted by Crippen LogP contribution is -2.57. The van der Waals surface area contributed by atoms with Crippen LogP contribution in [0.5, 0.6) is 0 Å². The third-order valence-electron chi connectivity index (χ3n) is 14.9. The minimum atomic E-state index is -0.109. The molecule has 0 saturated carbocycles. The molecule has 0 spiro atoms. The zero-order chi connectivity index (χ0) is 52.9. The molecule has 0 bridgehead atoms. The van der Waals surface area contributed by atoms with E-state index >= 15 is 0 Å². The third-order valence-corrected chi connectivity index (χ3v) is 14.9. The van der Waals surface area contributed by atoms with E-state index < -0.39 is 0 Å². The summed E-state index contributed by atoms with van der Waals surface area (Å²) in [6.45, 7) is 0. The van der Waals surface area contributed by atoms with Crippen LogP contribution in [0, 0.1) is 0 Å². The second-order valence-corrected chi connectivity index (χ2v) is 18.9. The van der Waals surface area contributed by atoms with E-state index in [1.54, 1.807) is 0 Å². The molecule has 0 aliphatic heterocycles. The molecular formula is C57H20B14N4O. The fourth-order valence-electron chi connectivity index (χ4n) is 11.1. The minimum Gasteiger partial charge on any atom is -0.455 e. The van der Waals surface area contributed by atoms with Gasteiger partial charge in [-0.25, -0.2) is 15.0 Å². The van der Waals surface area contributed by atoms with Gasteiger partial charge in [-0.2, -0.15) is 0 Å². The quantitative estimate of drug-likeness (QED) is 0.144. The first-order valence-electron chi connectivity index (χ1n) is 23.8. The van der Waals surface area contributed by atoms with E-state index in [9.17, 15) is 0 Å². The summed E-state index contributed by atoms with van der Waals surface area (Å²) < 4.78 is 9.44. The van der Waals surface area contributed by atoms with Crippen LogP contribution in [-0.4, -0.2) is 129 Å². The lowest BCUT2D eigenvalue weighted by atomic mass is 9.56. The van der Waals surface area contributed by atoms with Crippen LogP contribution in [-0.2, 0) is 0 Å². The first kappa shape index (κ1) is 48.2. The van der Waals surface area contributed by atoms with Gasteiger partial charge in [0.2, 0.25) is 0 Å². The molecule has 0 aliphatic rings. The number of para-hydroxylation sites is 3. The predicted octanol–water partition coefficient (Wildman–Crippen LogP) is -1.94. The van der Waals surface area contributed by atoms with Gasteiger partial charge in [-0.05, 0) is 74.6 Å². The van der Waals surface area contributed by atoms with Crippen molar-refractivity contribution in [1.82, 2.24) is 19.5 Å². The van der Waals surface area contributed by atoms with Gasteiger partial charge in [-0.15, -0.1) is 32.8 Å². The number of furan rings is 1. The van der Waals surface area contributed by atoms with Gasteiger partial charge in [-0.3, -0.25) is 0 Å². The molecule has 76 heavy (non-hydrogen) atoms. The fourth-order valence-corrected chi connectivity index (χ4v) is 11.1. The Hall–Kier alpha value is -7.50. The average molecular weight is 928 g/mol. The Labute approximate surface area is 456 Å². The molecule has 13 aromatic rings. The van der Waals surface area contributed by atoms with Crippen molar-refractivity contribution in [2.45, 2.75) is 0 Å². The molecule has 0 atom stereocenters. The Morgan fingerprint density at radius 1 is 0.303 bits per heavy atom.